The summed E-state index contributed by atoms with van der Waals surface area (Å²) in [6.45, 7) is 3.21. The Labute approximate surface area is 175 Å². The van der Waals surface area contributed by atoms with Crippen LogP contribution in [0.4, 0.5) is 13.2 Å². The van der Waals surface area contributed by atoms with E-state index in [4.69, 9.17) is 4.74 Å². The molecule has 156 valence electrons. The standard InChI is InChI=1S/C21H18F3N3O2S/c1-3-29-19(28)17-20(21(22,23)24,14-9-7-13(2)8-10-14)27-18(30-17)15(12-25)16-6-4-5-11-26-16/h4-11,17,27H,3H2,1-2H3. The van der Waals surface area contributed by atoms with E-state index in [1.54, 1.807) is 31.2 Å². The number of aromatic nitrogens is 1. The molecule has 30 heavy (non-hydrogen) atoms. The van der Waals surface area contributed by atoms with Crippen LogP contribution in [0.5, 0.6) is 0 Å². The van der Waals surface area contributed by atoms with Crippen LogP contribution in [0.2, 0.25) is 0 Å². The fraction of sp³-hybridized carbons (Fsp3) is 0.286. The smallest absolute Gasteiger partial charge is 0.417 e. The molecule has 2 atom stereocenters. The molecule has 2 heterocycles. The number of rotatable bonds is 4. The number of nitrogens with one attached hydrogen (secondary N) is 1. The lowest BCUT2D eigenvalue weighted by molar-refractivity contribution is -0.201. The predicted molar refractivity (Wildman–Crippen MR) is 107 cm³/mol. The van der Waals surface area contributed by atoms with E-state index in [9.17, 15) is 23.2 Å². The third-order valence-corrected chi connectivity index (χ3v) is 5.98. The van der Waals surface area contributed by atoms with Gasteiger partial charge in [-0.05, 0) is 31.5 Å². The highest BCUT2D eigenvalue weighted by atomic mass is 32.2. The van der Waals surface area contributed by atoms with Gasteiger partial charge >= 0.3 is 12.1 Å². The zero-order valence-electron chi connectivity index (χ0n) is 16.2. The molecule has 5 nitrogen and oxygen atoms in total. The Balaban J connectivity index is 2.25. The minimum Gasteiger partial charge on any atom is -0.465 e. The van der Waals surface area contributed by atoms with Gasteiger partial charge in [-0.1, -0.05) is 47.7 Å². The van der Waals surface area contributed by atoms with Gasteiger partial charge in [-0.15, -0.1) is 0 Å². The molecule has 0 amide bonds. The summed E-state index contributed by atoms with van der Waals surface area (Å²) in [5.41, 5.74) is -1.99. The summed E-state index contributed by atoms with van der Waals surface area (Å²) in [6, 6.07) is 12.4. The van der Waals surface area contributed by atoms with Gasteiger partial charge in [0, 0.05) is 6.20 Å². The van der Waals surface area contributed by atoms with E-state index in [0.29, 0.717) is 11.8 Å². The van der Waals surface area contributed by atoms with E-state index < -0.39 is 22.9 Å². The first-order valence-corrected chi connectivity index (χ1v) is 9.93. The largest absolute Gasteiger partial charge is 0.465 e. The zero-order chi connectivity index (χ0) is 21.9. The summed E-state index contributed by atoms with van der Waals surface area (Å²) >= 11 is 0.631. The third kappa shape index (κ3) is 3.75. The van der Waals surface area contributed by atoms with Crippen LogP contribution in [-0.4, -0.2) is 29.0 Å². The predicted octanol–water partition coefficient (Wildman–Crippen LogP) is 4.31. The molecular formula is C21H18F3N3O2S. The van der Waals surface area contributed by atoms with Crippen LogP contribution >= 0.6 is 11.8 Å². The van der Waals surface area contributed by atoms with Gasteiger partial charge in [0.15, 0.2) is 5.54 Å². The summed E-state index contributed by atoms with van der Waals surface area (Å²) in [5.74, 6) is -1.01. The summed E-state index contributed by atoms with van der Waals surface area (Å²) in [5, 5.41) is 10.4. The fourth-order valence-corrected chi connectivity index (χ4v) is 4.60. The molecule has 1 fully saturated rings. The number of carbonyl (C=O) groups is 1. The molecule has 1 saturated heterocycles. The highest BCUT2D eigenvalue weighted by Crippen LogP contribution is 2.54. The maximum atomic E-state index is 14.6. The lowest BCUT2D eigenvalue weighted by Gasteiger charge is -2.36. The number of alkyl halides is 3. The first-order chi connectivity index (χ1) is 14.2. The van der Waals surface area contributed by atoms with Crippen molar-refractivity contribution < 1.29 is 22.7 Å². The second-order valence-electron chi connectivity index (χ2n) is 6.58. The summed E-state index contributed by atoms with van der Waals surface area (Å²) in [6.07, 6.45) is -3.42. The van der Waals surface area contributed by atoms with Gasteiger partial charge in [-0.3, -0.25) is 9.78 Å². The topological polar surface area (TPSA) is 75.0 Å². The molecular weight excluding hydrogens is 415 g/mol. The van der Waals surface area contributed by atoms with Gasteiger partial charge in [0.25, 0.3) is 0 Å². The first-order valence-electron chi connectivity index (χ1n) is 9.05. The van der Waals surface area contributed by atoms with E-state index in [-0.39, 0.29) is 28.5 Å². The number of carbonyl (C=O) groups excluding carboxylic acids is 1. The molecule has 0 bridgehead atoms. The number of allylic oxidation sites excluding steroid dienone is 1. The average Bonchev–Trinajstić information content (AvgIpc) is 3.12. The number of nitrogens with zero attached hydrogens (tertiary/aromatic N) is 2. The van der Waals surface area contributed by atoms with Gasteiger partial charge in [0.1, 0.15) is 16.9 Å². The minimum absolute atomic E-state index is 0.0673. The Morgan fingerprint density at radius 3 is 2.53 bits per heavy atom. The lowest BCUT2D eigenvalue weighted by atomic mass is 9.84. The molecule has 0 saturated carbocycles. The fourth-order valence-electron chi connectivity index (χ4n) is 3.20. The zero-order valence-corrected chi connectivity index (χ0v) is 17.0. The molecule has 1 N–H and O–H groups in total. The van der Waals surface area contributed by atoms with E-state index in [2.05, 4.69) is 10.3 Å². The number of benzene rings is 1. The van der Waals surface area contributed by atoms with Crippen molar-refractivity contribution in [3.8, 4) is 6.07 Å². The van der Waals surface area contributed by atoms with Crippen molar-refractivity contribution in [3.63, 3.8) is 0 Å². The second kappa shape index (κ2) is 8.40. The monoisotopic (exact) mass is 433 g/mol. The maximum Gasteiger partial charge on any atom is 0.417 e. The lowest BCUT2D eigenvalue weighted by Crippen LogP contribution is -2.58. The normalized spacial score (nSPS) is 22.7. The number of aryl methyl sites for hydroxylation is 1. The molecule has 0 aliphatic carbocycles. The van der Waals surface area contributed by atoms with Crippen LogP contribution in [0.3, 0.4) is 0 Å². The van der Waals surface area contributed by atoms with Gasteiger partial charge < -0.3 is 10.1 Å². The van der Waals surface area contributed by atoms with E-state index >= 15 is 0 Å². The van der Waals surface area contributed by atoms with E-state index in [0.717, 1.165) is 5.56 Å². The van der Waals surface area contributed by atoms with Crippen molar-refractivity contribution in [2.75, 3.05) is 6.61 Å². The molecule has 0 spiro atoms. The van der Waals surface area contributed by atoms with Gasteiger partial charge in [0.05, 0.1) is 17.3 Å². The second-order valence-corrected chi connectivity index (χ2v) is 7.69. The maximum absolute atomic E-state index is 14.6. The minimum atomic E-state index is -4.86. The molecule has 1 aliphatic rings. The highest BCUT2D eigenvalue weighted by Gasteiger charge is 2.67. The Morgan fingerprint density at radius 1 is 1.30 bits per heavy atom. The van der Waals surface area contributed by atoms with Gasteiger partial charge in [-0.25, -0.2) is 0 Å². The Kier molecular flexibility index (Phi) is 6.08. The number of thioether (sulfide) groups is 1. The molecule has 1 aliphatic heterocycles. The van der Waals surface area contributed by atoms with Crippen LogP contribution in [0, 0.1) is 18.3 Å². The number of hydrogen-bond donors (Lipinski definition) is 1. The summed E-state index contributed by atoms with van der Waals surface area (Å²) in [4.78, 5) is 16.7. The van der Waals surface area contributed by atoms with Crippen molar-refractivity contribution in [2.24, 2.45) is 0 Å². The number of nitriles is 1. The molecule has 3 rings (SSSR count). The van der Waals surface area contributed by atoms with E-state index in [1.807, 2.05) is 6.07 Å². The Morgan fingerprint density at radius 2 is 2.00 bits per heavy atom. The van der Waals surface area contributed by atoms with Gasteiger partial charge in [-0.2, -0.15) is 18.4 Å². The van der Waals surface area contributed by atoms with Crippen molar-refractivity contribution in [3.05, 3.63) is 70.5 Å². The van der Waals surface area contributed by atoms with Crippen LogP contribution < -0.4 is 5.32 Å². The summed E-state index contributed by atoms with van der Waals surface area (Å²) < 4.78 is 48.7. The number of hydrogen-bond acceptors (Lipinski definition) is 6. The van der Waals surface area contributed by atoms with Crippen LogP contribution in [0.15, 0.2) is 53.7 Å². The van der Waals surface area contributed by atoms with Crippen LogP contribution in [0.1, 0.15) is 23.7 Å². The molecule has 2 unspecified atom stereocenters. The molecule has 2 aromatic rings. The third-order valence-electron chi connectivity index (χ3n) is 4.65. The highest BCUT2D eigenvalue weighted by molar-refractivity contribution is 8.04. The Bertz CT molecular complexity index is 1000. The molecule has 9 heteroatoms. The first kappa shape index (κ1) is 21.7. The van der Waals surface area contributed by atoms with Gasteiger partial charge in [0.2, 0.25) is 0 Å². The average molecular weight is 433 g/mol. The number of esters is 1. The van der Waals surface area contributed by atoms with Crippen molar-refractivity contribution in [1.82, 2.24) is 10.3 Å². The number of halogens is 3. The molecule has 0 radical (unpaired) electrons. The summed E-state index contributed by atoms with van der Waals surface area (Å²) in [7, 11) is 0. The van der Waals surface area contributed by atoms with Crippen LogP contribution in [0.25, 0.3) is 5.57 Å². The van der Waals surface area contributed by atoms with Crippen LogP contribution in [-0.2, 0) is 15.1 Å². The van der Waals surface area contributed by atoms with E-state index in [1.165, 1.54) is 31.3 Å². The molecule has 1 aromatic carbocycles. The van der Waals surface area contributed by atoms with Crippen molar-refractivity contribution in [1.29, 1.82) is 5.26 Å². The van der Waals surface area contributed by atoms with Crippen molar-refractivity contribution in [2.45, 2.75) is 30.8 Å². The SMILES string of the molecule is CCOC(=O)C1SC(=C(C#N)c2ccccn2)NC1(c1ccc(C)cc1)C(F)(F)F. The number of pyridine rings is 1. The molecule has 1 aromatic heterocycles. The van der Waals surface area contributed by atoms with Crippen molar-refractivity contribution >= 4 is 23.3 Å². The number of ether oxygens (including phenoxy) is 1. The quantitative estimate of drug-likeness (QED) is 0.572. The Hall–Kier alpha value is -2.99.